The van der Waals surface area contributed by atoms with Crippen LogP contribution in [0.5, 0.6) is 0 Å². The Hall–Kier alpha value is -3.07. The molecule has 0 bridgehead atoms. The van der Waals surface area contributed by atoms with E-state index in [-0.39, 0.29) is 31.5 Å². The van der Waals surface area contributed by atoms with E-state index in [4.69, 9.17) is 13.8 Å². The first-order valence-corrected chi connectivity index (χ1v) is 33.1. The maximum Gasteiger partial charge on any atom is 0.472 e. The lowest BCUT2D eigenvalue weighted by molar-refractivity contribution is -0.870. The van der Waals surface area contributed by atoms with E-state index >= 15 is 0 Å². The third-order valence-corrected chi connectivity index (χ3v) is 14.5. The van der Waals surface area contributed by atoms with Crippen molar-refractivity contribution in [1.29, 1.82) is 0 Å². The number of rotatable bonds is 56. The van der Waals surface area contributed by atoms with Gasteiger partial charge < -0.3 is 19.4 Å². The Morgan fingerprint density at radius 2 is 0.831 bits per heavy atom. The summed E-state index contributed by atoms with van der Waals surface area (Å²) < 4.78 is 30.7. The summed E-state index contributed by atoms with van der Waals surface area (Å²) in [6.45, 7) is 6.86. The Balaban J connectivity index is 5.29. The van der Waals surface area contributed by atoms with E-state index in [1.165, 1.54) is 135 Å². The summed E-state index contributed by atoms with van der Waals surface area (Å²) in [5, 5.41) is 3.04. The molecule has 77 heavy (non-hydrogen) atoms. The highest BCUT2D eigenvalue weighted by Crippen LogP contribution is 2.43. The number of likely N-dealkylation sites (N-methyl/N-ethyl adjacent to an activating group) is 1. The lowest BCUT2D eigenvalue weighted by Crippen LogP contribution is -2.47. The molecule has 0 saturated carbocycles. The minimum atomic E-state index is -4.46. The number of hydrogen-bond acceptors (Lipinski definition) is 6. The first-order chi connectivity index (χ1) is 37.4. The lowest BCUT2D eigenvalue weighted by Gasteiger charge is -2.27. The van der Waals surface area contributed by atoms with Gasteiger partial charge in [-0.25, -0.2) is 4.57 Å². The second-order valence-electron chi connectivity index (χ2n) is 22.2. The van der Waals surface area contributed by atoms with Crippen molar-refractivity contribution >= 4 is 19.7 Å². The molecule has 0 aromatic heterocycles. The monoisotopic (exact) mass is 1100 g/mol. The first-order valence-electron chi connectivity index (χ1n) is 31.6. The molecule has 0 aliphatic rings. The molecule has 0 saturated heterocycles. The fraction of sp³-hybridized carbons (Fsp3) is 0.731. The van der Waals surface area contributed by atoms with Gasteiger partial charge in [-0.2, -0.15) is 0 Å². The van der Waals surface area contributed by atoms with Crippen LogP contribution in [0.4, 0.5) is 0 Å². The number of phosphoric ester groups is 1. The number of esters is 1. The second kappa shape index (κ2) is 56.2. The Morgan fingerprint density at radius 3 is 1.27 bits per heavy atom. The summed E-state index contributed by atoms with van der Waals surface area (Å²) in [6.07, 6.45) is 75.5. The zero-order chi connectivity index (χ0) is 56.4. The minimum Gasteiger partial charge on any atom is -0.456 e. The van der Waals surface area contributed by atoms with Crippen LogP contribution in [0.25, 0.3) is 0 Å². The predicted molar refractivity (Wildman–Crippen MR) is 332 cm³/mol. The maximum atomic E-state index is 13.5. The molecule has 2 N–H and O–H groups in total. The summed E-state index contributed by atoms with van der Waals surface area (Å²) in [4.78, 5) is 37.7. The van der Waals surface area contributed by atoms with Gasteiger partial charge in [0.15, 0.2) is 0 Å². The molecule has 9 nitrogen and oxygen atoms in total. The van der Waals surface area contributed by atoms with Gasteiger partial charge in [0.2, 0.25) is 5.91 Å². The van der Waals surface area contributed by atoms with E-state index in [9.17, 15) is 19.0 Å². The Bertz CT molecular complexity index is 1640. The van der Waals surface area contributed by atoms with Crippen molar-refractivity contribution in [3.8, 4) is 0 Å². The molecule has 0 aromatic carbocycles. The lowest BCUT2D eigenvalue weighted by atomic mass is 10.0. The van der Waals surface area contributed by atoms with Gasteiger partial charge in [0, 0.05) is 12.8 Å². The number of carbonyl (C=O) groups is 2. The van der Waals surface area contributed by atoms with Crippen LogP contribution >= 0.6 is 7.82 Å². The third-order valence-electron chi connectivity index (χ3n) is 13.5. The minimum absolute atomic E-state index is 0.0287. The number of nitrogens with one attached hydrogen (secondary N) is 1. The van der Waals surface area contributed by atoms with Crippen molar-refractivity contribution < 1.29 is 37.3 Å². The average molecular weight is 1100 g/mol. The number of allylic oxidation sites excluding steroid dienone is 15. The Labute approximate surface area is 475 Å². The molecule has 0 aromatic rings. The van der Waals surface area contributed by atoms with Crippen LogP contribution in [0, 0.1) is 0 Å². The summed E-state index contributed by atoms with van der Waals surface area (Å²) in [5.74, 6) is -0.560. The molecule has 444 valence electrons. The maximum absolute atomic E-state index is 13.5. The number of ether oxygens (including phenoxy) is 1. The molecule has 0 spiro atoms. The van der Waals surface area contributed by atoms with Crippen LogP contribution in [0.3, 0.4) is 0 Å². The third kappa shape index (κ3) is 57.4. The van der Waals surface area contributed by atoms with E-state index in [1.807, 2.05) is 33.3 Å². The predicted octanol–water partition coefficient (Wildman–Crippen LogP) is 19.6. The molecular formula is C67H120N2O7P+. The quantitative estimate of drug-likeness (QED) is 0.0205. The largest absolute Gasteiger partial charge is 0.472 e. The van der Waals surface area contributed by atoms with Gasteiger partial charge in [-0.1, -0.05) is 240 Å². The van der Waals surface area contributed by atoms with Crippen LogP contribution in [0.1, 0.15) is 265 Å². The smallest absolute Gasteiger partial charge is 0.456 e. The van der Waals surface area contributed by atoms with Crippen LogP contribution in [-0.2, 0) is 27.9 Å². The number of amides is 1. The summed E-state index contributed by atoms with van der Waals surface area (Å²) in [5.41, 5.74) is 0. The summed E-state index contributed by atoms with van der Waals surface area (Å²) in [7, 11) is 1.46. The first kappa shape index (κ1) is 73.9. The molecule has 10 heteroatoms. The highest BCUT2D eigenvalue weighted by molar-refractivity contribution is 7.47. The molecule has 0 fully saturated rings. The van der Waals surface area contributed by atoms with E-state index in [2.05, 4.69) is 111 Å². The van der Waals surface area contributed by atoms with Gasteiger partial charge in [-0.15, -0.1) is 0 Å². The van der Waals surface area contributed by atoms with Gasteiger partial charge in [-0.3, -0.25) is 18.6 Å². The van der Waals surface area contributed by atoms with Crippen LogP contribution in [0.15, 0.2) is 97.2 Å². The molecule has 0 rings (SSSR count). The van der Waals surface area contributed by atoms with Crippen molar-refractivity contribution in [2.24, 2.45) is 0 Å². The molecule has 0 radical (unpaired) electrons. The second-order valence-corrected chi connectivity index (χ2v) is 23.6. The number of nitrogens with zero attached hydrogens (tertiary/aromatic N) is 1. The molecule has 1 amide bonds. The van der Waals surface area contributed by atoms with Gasteiger partial charge in [0.25, 0.3) is 0 Å². The zero-order valence-electron chi connectivity index (χ0n) is 50.7. The molecule has 0 aliphatic carbocycles. The number of carbonyl (C=O) groups excluding carboxylic acids is 2. The number of hydrogen-bond donors (Lipinski definition) is 2. The average Bonchev–Trinajstić information content (AvgIpc) is 3.39. The van der Waals surface area contributed by atoms with E-state index < -0.39 is 20.0 Å². The van der Waals surface area contributed by atoms with Crippen LogP contribution in [-0.4, -0.2) is 74.3 Å². The van der Waals surface area contributed by atoms with Crippen molar-refractivity contribution in [1.82, 2.24) is 5.32 Å². The Kier molecular flexibility index (Phi) is 54.0. The Morgan fingerprint density at radius 1 is 0.468 bits per heavy atom. The number of phosphoric acid groups is 1. The van der Waals surface area contributed by atoms with E-state index in [0.717, 1.165) is 89.9 Å². The van der Waals surface area contributed by atoms with Crippen LogP contribution in [0.2, 0.25) is 0 Å². The molecule has 0 aliphatic heterocycles. The van der Waals surface area contributed by atoms with Gasteiger partial charge >= 0.3 is 13.8 Å². The summed E-state index contributed by atoms with van der Waals surface area (Å²) >= 11 is 0. The molecule has 3 unspecified atom stereocenters. The fourth-order valence-corrected chi connectivity index (χ4v) is 9.38. The standard InChI is InChI=1S/C67H119N2O7P/c1-7-10-13-16-19-22-25-27-29-31-33-34-36-38-40-42-45-48-51-54-57-60-67(71)76-65(58-55-52-49-46-43-24-21-18-15-12-9-3)64(63-75-77(72,73)74-62-61-69(4,5)6)68-66(70)59-56-53-50-47-44-41-39-37-35-32-30-28-26-23-20-17-14-11-8-2/h10,13,19,22,27-30,33-34,38,40,45,48,55,58,64-65H,7-9,11-12,14-18,20-21,23-26,31-32,35-37,39,41-44,46-47,49-54,56-57,59-63H2,1-6H3,(H-,68,70,72,73)/p+1/b13-10-,22-19-,29-27-,30-28+,34-33-,40-38-,48-45-,58-55+. The normalized spacial score (nSPS) is 14.3. The summed E-state index contributed by atoms with van der Waals surface area (Å²) in [6, 6.07) is -0.872. The van der Waals surface area contributed by atoms with Crippen molar-refractivity contribution in [3.63, 3.8) is 0 Å². The van der Waals surface area contributed by atoms with Crippen LogP contribution < -0.4 is 5.32 Å². The number of quaternary nitrogens is 1. The highest BCUT2D eigenvalue weighted by atomic mass is 31.2. The zero-order valence-corrected chi connectivity index (χ0v) is 51.6. The van der Waals surface area contributed by atoms with Crippen molar-refractivity contribution in [2.75, 3.05) is 40.9 Å². The van der Waals surface area contributed by atoms with Gasteiger partial charge in [0.1, 0.15) is 19.3 Å². The molecular weight excluding hydrogens is 976 g/mol. The SMILES string of the molecule is CC/C=C\C/C=C\C/C=C\C/C=C\C/C=C\C/C=C\CCCCC(=O)OC(/C=C/CCCCCCCCCCC)C(COP(=O)(O)OCC[N+](C)(C)C)NC(=O)CCCCCCCCCCC/C=C/CCCCCCCC. The highest BCUT2D eigenvalue weighted by Gasteiger charge is 2.30. The van der Waals surface area contributed by atoms with E-state index in [0.29, 0.717) is 23.9 Å². The topological polar surface area (TPSA) is 111 Å². The van der Waals surface area contributed by atoms with Crippen molar-refractivity contribution in [3.05, 3.63) is 97.2 Å². The van der Waals surface area contributed by atoms with E-state index in [1.54, 1.807) is 0 Å². The molecule has 3 atom stereocenters. The fourth-order valence-electron chi connectivity index (χ4n) is 8.64. The van der Waals surface area contributed by atoms with Gasteiger partial charge in [0.05, 0.1) is 33.8 Å². The molecule has 0 heterocycles. The van der Waals surface area contributed by atoms with Gasteiger partial charge in [-0.05, 0) is 109 Å². The number of unbranched alkanes of at least 4 members (excludes halogenated alkanes) is 26. The van der Waals surface area contributed by atoms with Crippen molar-refractivity contribution in [2.45, 2.75) is 277 Å².